The summed E-state index contributed by atoms with van der Waals surface area (Å²) in [5, 5.41) is 9.54. The first kappa shape index (κ1) is 17.2. The average Bonchev–Trinajstić information content (AvgIpc) is 2.40. The van der Waals surface area contributed by atoms with Crippen LogP contribution in [0.2, 0.25) is 0 Å². The van der Waals surface area contributed by atoms with Crippen LogP contribution in [-0.4, -0.2) is 31.4 Å². The molecule has 8 heteroatoms. The van der Waals surface area contributed by atoms with E-state index in [4.69, 9.17) is 4.18 Å². The third-order valence-electron chi connectivity index (χ3n) is 3.86. The molecule has 0 atom stereocenters. The van der Waals surface area contributed by atoms with E-state index in [9.17, 15) is 26.7 Å². The fourth-order valence-electron chi connectivity index (χ4n) is 2.39. The highest BCUT2D eigenvalue weighted by Crippen LogP contribution is 2.42. The first-order valence-corrected chi connectivity index (χ1v) is 8.23. The maximum atomic E-state index is 12.7. The van der Waals surface area contributed by atoms with Gasteiger partial charge >= 0.3 is 6.18 Å². The lowest BCUT2D eigenvalue weighted by Gasteiger charge is -2.36. The number of hydrogen-bond donors (Lipinski definition) is 1. The highest BCUT2D eigenvalue weighted by atomic mass is 32.2. The molecule has 1 aliphatic rings. The second kappa shape index (κ2) is 5.82. The van der Waals surface area contributed by atoms with E-state index in [0.29, 0.717) is 0 Å². The minimum atomic E-state index is -4.71. The van der Waals surface area contributed by atoms with E-state index >= 15 is 0 Å². The van der Waals surface area contributed by atoms with Crippen molar-refractivity contribution in [2.24, 2.45) is 0 Å². The number of aliphatic hydroxyl groups is 1. The van der Waals surface area contributed by atoms with Gasteiger partial charge in [-0.2, -0.15) is 21.6 Å². The lowest BCUT2D eigenvalue weighted by molar-refractivity contribution is -0.272. The average molecular weight is 338 g/mol. The Hall–Kier alpha value is -1.12. The van der Waals surface area contributed by atoms with Gasteiger partial charge in [0.2, 0.25) is 0 Å². The molecule has 4 nitrogen and oxygen atoms in total. The van der Waals surface area contributed by atoms with Crippen LogP contribution in [0.3, 0.4) is 0 Å². The molecule has 0 unspecified atom stereocenters. The molecule has 0 amide bonds. The summed E-state index contributed by atoms with van der Waals surface area (Å²) in [4.78, 5) is -0.0326. The molecule has 2 rings (SSSR count). The van der Waals surface area contributed by atoms with E-state index in [0.717, 1.165) is 5.56 Å². The molecule has 0 spiro atoms. The van der Waals surface area contributed by atoms with E-state index in [2.05, 4.69) is 0 Å². The van der Waals surface area contributed by atoms with E-state index in [1.807, 2.05) is 0 Å². The molecule has 0 heterocycles. The summed E-state index contributed by atoms with van der Waals surface area (Å²) >= 11 is 0. The second-order valence-electron chi connectivity index (χ2n) is 5.59. The Labute approximate surface area is 127 Å². The van der Waals surface area contributed by atoms with E-state index in [1.165, 1.54) is 12.1 Å². The maximum Gasteiger partial charge on any atom is 0.417 e. The van der Waals surface area contributed by atoms with Crippen LogP contribution in [-0.2, 0) is 14.3 Å². The zero-order chi connectivity index (χ0) is 16.6. The number of halogens is 3. The van der Waals surface area contributed by atoms with E-state index in [1.54, 1.807) is 19.1 Å². The highest BCUT2D eigenvalue weighted by Gasteiger charge is 2.55. The van der Waals surface area contributed by atoms with Crippen LogP contribution in [0.1, 0.15) is 31.2 Å². The van der Waals surface area contributed by atoms with Crippen LogP contribution in [0.5, 0.6) is 0 Å². The summed E-state index contributed by atoms with van der Waals surface area (Å²) in [5.74, 6) is 0. The molecule has 1 aromatic rings. The quantitative estimate of drug-likeness (QED) is 0.861. The molecule has 1 N–H and O–H groups in total. The van der Waals surface area contributed by atoms with Crippen molar-refractivity contribution >= 4 is 10.1 Å². The molecule has 1 saturated carbocycles. The number of aryl methyl sites for hydroxylation is 1. The summed E-state index contributed by atoms with van der Waals surface area (Å²) in [5.41, 5.74) is -1.87. The van der Waals surface area contributed by atoms with Gasteiger partial charge in [-0.3, -0.25) is 4.18 Å². The molecule has 22 heavy (non-hydrogen) atoms. The van der Waals surface area contributed by atoms with Crippen molar-refractivity contribution in [3.8, 4) is 0 Å². The van der Waals surface area contributed by atoms with Crippen molar-refractivity contribution in [3.63, 3.8) is 0 Å². The number of rotatable bonds is 3. The molecule has 1 aliphatic carbocycles. The van der Waals surface area contributed by atoms with Gasteiger partial charge < -0.3 is 5.11 Å². The van der Waals surface area contributed by atoms with Crippen molar-refractivity contribution in [3.05, 3.63) is 29.8 Å². The molecule has 0 aliphatic heterocycles. The summed E-state index contributed by atoms with van der Waals surface area (Å²) < 4.78 is 67.2. The molecule has 0 aromatic heterocycles. The van der Waals surface area contributed by atoms with Crippen molar-refractivity contribution in [2.75, 3.05) is 0 Å². The number of hydrogen-bond acceptors (Lipinski definition) is 4. The monoisotopic (exact) mass is 338 g/mol. The van der Waals surface area contributed by atoms with Gasteiger partial charge in [0.15, 0.2) is 5.60 Å². The van der Waals surface area contributed by atoms with Gasteiger partial charge in [0.25, 0.3) is 10.1 Å². The van der Waals surface area contributed by atoms with Crippen LogP contribution in [0.4, 0.5) is 13.2 Å². The van der Waals surface area contributed by atoms with Gasteiger partial charge in [0, 0.05) is 0 Å². The second-order valence-corrected chi connectivity index (χ2v) is 7.16. The van der Waals surface area contributed by atoms with Crippen LogP contribution in [0.15, 0.2) is 29.2 Å². The van der Waals surface area contributed by atoms with Crippen molar-refractivity contribution < 1.29 is 30.9 Å². The largest absolute Gasteiger partial charge is 0.417 e. The van der Waals surface area contributed by atoms with Crippen LogP contribution in [0.25, 0.3) is 0 Å². The van der Waals surface area contributed by atoms with Crippen molar-refractivity contribution in [2.45, 2.75) is 55.4 Å². The molecule has 0 bridgehead atoms. The zero-order valence-electron chi connectivity index (χ0n) is 11.9. The Morgan fingerprint density at radius 1 is 1.18 bits per heavy atom. The predicted molar refractivity (Wildman–Crippen MR) is 72.7 cm³/mol. The standard InChI is InChI=1S/C14H17F3O4S/c1-10-2-4-12(5-3-10)22(19,20)21-11-6-8-13(18,9-7-11)14(15,16)17/h2-5,11,18H,6-9H2,1H3. The lowest BCUT2D eigenvalue weighted by Crippen LogP contribution is -2.49. The Morgan fingerprint density at radius 2 is 1.68 bits per heavy atom. The molecular formula is C14H17F3O4S. The molecule has 1 fully saturated rings. The zero-order valence-corrected chi connectivity index (χ0v) is 12.7. The van der Waals surface area contributed by atoms with Gasteiger partial charge in [0.05, 0.1) is 11.0 Å². The molecule has 0 saturated heterocycles. The summed E-state index contributed by atoms with van der Waals surface area (Å²) in [6.07, 6.45) is -7.03. The highest BCUT2D eigenvalue weighted by molar-refractivity contribution is 7.86. The molecule has 124 valence electrons. The molecular weight excluding hydrogens is 321 g/mol. The van der Waals surface area contributed by atoms with Gasteiger partial charge in [0.1, 0.15) is 0 Å². The molecule has 1 aromatic carbocycles. The fraction of sp³-hybridized carbons (Fsp3) is 0.571. The minimum Gasteiger partial charge on any atom is -0.380 e. The van der Waals surface area contributed by atoms with Crippen LogP contribution in [0, 0.1) is 6.92 Å². The summed E-state index contributed by atoms with van der Waals surface area (Å²) in [7, 11) is -4.01. The first-order chi connectivity index (χ1) is 10.0. The number of benzene rings is 1. The normalized spacial score (nSPS) is 26.9. The number of alkyl halides is 3. The maximum absolute atomic E-state index is 12.7. The Morgan fingerprint density at radius 3 is 2.14 bits per heavy atom. The van der Waals surface area contributed by atoms with Gasteiger partial charge in [-0.15, -0.1) is 0 Å². The Kier molecular flexibility index (Phi) is 4.56. The van der Waals surface area contributed by atoms with Crippen molar-refractivity contribution in [1.29, 1.82) is 0 Å². The fourth-order valence-corrected chi connectivity index (χ4v) is 3.52. The van der Waals surface area contributed by atoms with Crippen LogP contribution >= 0.6 is 0 Å². The van der Waals surface area contributed by atoms with Crippen molar-refractivity contribution in [1.82, 2.24) is 0 Å². The van der Waals surface area contributed by atoms with Gasteiger partial charge in [-0.1, -0.05) is 17.7 Å². The lowest BCUT2D eigenvalue weighted by atomic mass is 9.83. The first-order valence-electron chi connectivity index (χ1n) is 6.83. The van der Waals surface area contributed by atoms with E-state index in [-0.39, 0.29) is 17.7 Å². The SMILES string of the molecule is Cc1ccc(S(=O)(=O)OC2CCC(O)(C(F)(F)F)CC2)cc1. The minimum absolute atomic E-state index is 0.0326. The van der Waals surface area contributed by atoms with Crippen LogP contribution < -0.4 is 0 Å². The van der Waals surface area contributed by atoms with Gasteiger partial charge in [-0.25, -0.2) is 0 Å². The topological polar surface area (TPSA) is 63.6 Å². The predicted octanol–water partition coefficient (Wildman–Crippen LogP) is 2.94. The van der Waals surface area contributed by atoms with E-state index < -0.39 is 40.8 Å². The summed E-state index contributed by atoms with van der Waals surface area (Å²) in [6, 6.07) is 6.00. The third kappa shape index (κ3) is 3.61. The van der Waals surface area contributed by atoms with Gasteiger partial charge in [-0.05, 0) is 44.7 Å². The summed E-state index contributed by atoms with van der Waals surface area (Å²) in [6.45, 7) is 1.80. The Balaban J connectivity index is 2.03. The third-order valence-corrected chi connectivity index (χ3v) is 5.23. The Bertz CT molecular complexity index is 614. The molecule has 0 radical (unpaired) electrons. The smallest absolute Gasteiger partial charge is 0.380 e.